The summed E-state index contributed by atoms with van der Waals surface area (Å²) in [6, 6.07) is 16.2. The van der Waals surface area contributed by atoms with Crippen molar-refractivity contribution in [3.8, 4) is 0 Å². The number of aromatic amines is 1. The number of amides is 1. The summed E-state index contributed by atoms with van der Waals surface area (Å²) in [6.07, 6.45) is 3.10. The molecular formula is C26H29N3O4. The molecule has 4 rings (SSSR count). The number of piperazine rings is 1. The Morgan fingerprint density at radius 1 is 1.15 bits per heavy atom. The van der Waals surface area contributed by atoms with Crippen LogP contribution < -0.4 is 0 Å². The van der Waals surface area contributed by atoms with Gasteiger partial charge in [0, 0.05) is 48.9 Å². The summed E-state index contributed by atoms with van der Waals surface area (Å²) in [5, 5.41) is 10.8. The van der Waals surface area contributed by atoms with Gasteiger partial charge in [0.1, 0.15) is 0 Å². The predicted octanol–water partition coefficient (Wildman–Crippen LogP) is 4.24. The smallest absolute Gasteiger partial charge is 0.407 e. The first-order chi connectivity index (χ1) is 16.0. The van der Waals surface area contributed by atoms with E-state index in [4.69, 9.17) is 0 Å². The number of benzene rings is 2. The molecule has 0 saturated carbocycles. The van der Waals surface area contributed by atoms with Crippen LogP contribution >= 0.6 is 0 Å². The number of nitrogens with one attached hydrogen (secondary N) is 1. The number of nitrogens with zero attached hydrogens (tertiary/aromatic N) is 2. The van der Waals surface area contributed by atoms with Gasteiger partial charge in [-0.05, 0) is 42.2 Å². The molecule has 0 aliphatic carbocycles. The summed E-state index contributed by atoms with van der Waals surface area (Å²) in [6.45, 7) is 4.56. The zero-order chi connectivity index (χ0) is 23.4. The molecule has 7 nitrogen and oxygen atoms in total. The first-order valence-electron chi connectivity index (χ1n) is 11.1. The van der Waals surface area contributed by atoms with E-state index in [9.17, 15) is 14.7 Å². The van der Waals surface area contributed by atoms with Crippen molar-refractivity contribution >= 4 is 29.0 Å². The number of hydrogen-bond acceptors (Lipinski definition) is 4. The molecule has 2 aromatic carbocycles. The number of carbonyl (C=O) groups is 2. The normalized spacial score (nSPS) is 17.0. The van der Waals surface area contributed by atoms with Crippen molar-refractivity contribution in [2.75, 3.05) is 33.3 Å². The minimum atomic E-state index is -0.884. The molecule has 1 aromatic heterocycles. The van der Waals surface area contributed by atoms with E-state index in [2.05, 4.69) is 39.7 Å². The van der Waals surface area contributed by atoms with Gasteiger partial charge in [-0.2, -0.15) is 0 Å². The van der Waals surface area contributed by atoms with E-state index < -0.39 is 12.1 Å². The molecule has 3 aromatic rings. The number of fused-ring (bicyclic) bond motifs is 1. The number of aromatic nitrogens is 1. The molecule has 172 valence electrons. The van der Waals surface area contributed by atoms with Crippen molar-refractivity contribution in [2.24, 2.45) is 0 Å². The zero-order valence-corrected chi connectivity index (χ0v) is 19.0. The lowest BCUT2D eigenvalue weighted by molar-refractivity contribution is -0.134. The Bertz CT molecular complexity index is 1170. The van der Waals surface area contributed by atoms with Gasteiger partial charge < -0.3 is 19.7 Å². The quantitative estimate of drug-likeness (QED) is 0.436. The van der Waals surface area contributed by atoms with E-state index in [1.165, 1.54) is 34.7 Å². The molecular weight excluding hydrogens is 418 g/mol. The second kappa shape index (κ2) is 9.92. The maximum absolute atomic E-state index is 11.7. The van der Waals surface area contributed by atoms with Crippen LogP contribution in [0.2, 0.25) is 0 Å². The number of H-pyrrole nitrogens is 1. The van der Waals surface area contributed by atoms with E-state index in [0.717, 1.165) is 29.6 Å². The third-order valence-corrected chi connectivity index (χ3v) is 6.37. The summed E-state index contributed by atoms with van der Waals surface area (Å²) >= 11 is 0. The molecule has 1 aliphatic heterocycles. The van der Waals surface area contributed by atoms with Crippen molar-refractivity contribution in [1.29, 1.82) is 0 Å². The third kappa shape index (κ3) is 5.09. The van der Waals surface area contributed by atoms with Crippen molar-refractivity contribution in [3.63, 3.8) is 0 Å². The Hall–Kier alpha value is -3.58. The minimum absolute atomic E-state index is 0.0287. The van der Waals surface area contributed by atoms with Crippen molar-refractivity contribution < 1.29 is 19.4 Å². The molecule has 2 N–H and O–H groups in total. The standard InChI is InChI=1S/C26H29N3O4/c1-18-21(22-5-3-4-6-23(22)27-18)13-14-28-15-16-29(26(31)32)17-24(28)20-10-7-19(8-11-20)9-12-25(30)33-2/h3-12,24,27H,13-17H2,1-2H3,(H,31,32)/b12-9+. The number of carbonyl (C=O) groups excluding carboxylic acids is 1. The highest BCUT2D eigenvalue weighted by Crippen LogP contribution is 2.28. The highest BCUT2D eigenvalue weighted by molar-refractivity contribution is 5.87. The van der Waals surface area contributed by atoms with Crippen molar-refractivity contribution in [2.45, 2.75) is 19.4 Å². The number of rotatable bonds is 6. The first kappa shape index (κ1) is 22.6. The van der Waals surface area contributed by atoms with Gasteiger partial charge >= 0.3 is 12.1 Å². The molecule has 7 heteroatoms. The van der Waals surface area contributed by atoms with Gasteiger partial charge in [0.15, 0.2) is 0 Å². The van der Waals surface area contributed by atoms with Crippen LogP contribution in [0.3, 0.4) is 0 Å². The fourth-order valence-electron chi connectivity index (χ4n) is 4.55. The van der Waals surface area contributed by atoms with Crippen LogP contribution in [0, 0.1) is 6.92 Å². The van der Waals surface area contributed by atoms with Crippen LogP contribution in [0.1, 0.15) is 28.4 Å². The SMILES string of the molecule is COC(=O)/C=C/c1ccc(C2CN(C(=O)O)CCN2CCc2c(C)[nH]c3ccccc23)cc1. The van der Waals surface area contributed by atoms with Crippen molar-refractivity contribution in [1.82, 2.24) is 14.8 Å². The van der Waals surface area contributed by atoms with Gasteiger partial charge in [0.05, 0.1) is 13.2 Å². The lowest BCUT2D eigenvalue weighted by atomic mass is 9.99. The second-order valence-electron chi connectivity index (χ2n) is 8.33. The molecule has 1 unspecified atom stereocenters. The topological polar surface area (TPSA) is 85.9 Å². The fourth-order valence-corrected chi connectivity index (χ4v) is 4.55. The average molecular weight is 448 g/mol. The Labute approximate surface area is 193 Å². The number of esters is 1. The summed E-state index contributed by atoms with van der Waals surface area (Å²) in [7, 11) is 1.35. The fraction of sp³-hybridized carbons (Fsp3) is 0.308. The molecule has 2 heterocycles. The first-order valence-corrected chi connectivity index (χ1v) is 11.1. The van der Waals surface area contributed by atoms with Gasteiger partial charge in [-0.3, -0.25) is 4.90 Å². The number of hydrogen-bond donors (Lipinski definition) is 2. The molecule has 1 saturated heterocycles. The maximum atomic E-state index is 11.7. The number of ether oxygens (including phenoxy) is 1. The van der Waals surface area contributed by atoms with Gasteiger partial charge in [-0.1, -0.05) is 42.5 Å². The Morgan fingerprint density at radius 3 is 2.64 bits per heavy atom. The summed E-state index contributed by atoms with van der Waals surface area (Å²) in [4.78, 5) is 30.3. The van der Waals surface area contributed by atoms with Crippen LogP contribution in [-0.2, 0) is 16.0 Å². The highest BCUT2D eigenvalue weighted by atomic mass is 16.5. The largest absolute Gasteiger partial charge is 0.466 e. The van der Waals surface area contributed by atoms with Crippen LogP contribution in [0.25, 0.3) is 17.0 Å². The van der Waals surface area contributed by atoms with E-state index in [1.807, 2.05) is 30.3 Å². The van der Waals surface area contributed by atoms with Crippen LogP contribution in [0.15, 0.2) is 54.6 Å². The van der Waals surface area contributed by atoms with Gasteiger partial charge in [-0.15, -0.1) is 0 Å². The minimum Gasteiger partial charge on any atom is -0.466 e. The molecule has 0 spiro atoms. The summed E-state index contributed by atoms with van der Waals surface area (Å²) < 4.78 is 4.64. The maximum Gasteiger partial charge on any atom is 0.407 e. The zero-order valence-electron chi connectivity index (χ0n) is 19.0. The van der Waals surface area contributed by atoms with Gasteiger partial charge in [0.25, 0.3) is 0 Å². The number of aryl methyl sites for hydroxylation is 1. The summed E-state index contributed by atoms with van der Waals surface area (Å²) in [5.41, 5.74) is 5.59. The van der Waals surface area contributed by atoms with E-state index in [1.54, 1.807) is 6.08 Å². The number of carboxylic acid groups (broad SMARTS) is 1. The average Bonchev–Trinajstić information content (AvgIpc) is 3.16. The van der Waals surface area contributed by atoms with Gasteiger partial charge in [-0.25, -0.2) is 9.59 Å². The molecule has 1 aliphatic rings. The third-order valence-electron chi connectivity index (χ3n) is 6.37. The van der Waals surface area contributed by atoms with E-state index >= 15 is 0 Å². The second-order valence-corrected chi connectivity index (χ2v) is 8.33. The molecule has 1 atom stereocenters. The lowest BCUT2D eigenvalue weighted by Gasteiger charge is -2.40. The number of methoxy groups -OCH3 is 1. The Balaban J connectivity index is 1.53. The molecule has 0 radical (unpaired) electrons. The number of para-hydroxylation sites is 1. The van der Waals surface area contributed by atoms with Crippen LogP contribution in [-0.4, -0.2) is 65.2 Å². The molecule has 33 heavy (non-hydrogen) atoms. The van der Waals surface area contributed by atoms with Crippen LogP contribution in [0.5, 0.6) is 0 Å². The summed E-state index contributed by atoms with van der Waals surface area (Å²) in [5.74, 6) is -0.401. The molecule has 0 bridgehead atoms. The molecule has 1 amide bonds. The van der Waals surface area contributed by atoms with E-state index in [0.29, 0.717) is 19.6 Å². The predicted molar refractivity (Wildman–Crippen MR) is 128 cm³/mol. The lowest BCUT2D eigenvalue weighted by Crippen LogP contribution is -2.50. The van der Waals surface area contributed by atoms with Gasteiger partial charge in [0.2, 0.25) is 0 Å². The molecule has 1 fully saturated rings. The van der Waals surface area contributed by atoms with E-state index in [-0.39, 0.29) is 6.04 Å². The monoisotopic (exact) mass is 447 g/mol. The van der Waals surface area contributed by atoms with Crippen molar-refractivity contribution in [3.05, 3.63) is 77.0 Å². The highest BCUT2D eigenvalue weighted by Gasteiger charge is 2.30. The Morgan fingerprint density at radius 2 is 1.91 bits per heavy atom. The van der Waals surface area contributed by atoms with Crippen LogP contribution in [0.4, 0.5) is 4.79 Å². The Kier molecular flexibility index (Phi) is 6.79.